The summed E-state index contributed by atoms with van der Waals surface area (Å²) in [6.45, 7) is 1.38. The fraction of sp³-hybridized carbons (Fsp3) is 0.500. The Kier molecular flexibility index (Phi) is 4.07. The van der Waals surface area contributed by atoms with Crippen LogP contribution in [0.3, 0.4) is 0 Å². The minimum atomic E-state index is -3.65. The van der Waals surface area contributed by atoms with Gasteiger partial charge in [-0.2, -0.15) is 4.31 Å². The van der Waals surface area contributed by atoms with Gasteiger partial charge in [0.15, 0.2) is 0 Å². The van der Waals surface area contributed by atoms with Crippen LogP contribution in [-0.4, -0.2) is 39.5 Å². The van der Waals surface area contributed by atoms with Crippen molar-refractivity contribution >= 4 is 15.7 Å². The van der Waals surface area contributed by atoms with Crippen LogP contribution in [0, 0.1) is 11.7 Å². The van der Waals surface area contributed by atoms with Crippen molar-refractivity contribution in [3.05, 3.63) is 24.0 Å². The average Bonchev–Trinajstić information content (AvgIpc) is 2.78. The molecule has 0 radical (unpaired) electrons. The van der Waals surface area contributed by atoms with Crippen LogP contribution in [0.15, 0.2) is 23.1 Å². The monoisotopic (exact) mass is 288 g/mol. The summed E-state index contributed by atoms with van der Waals surface area (Å²) in [5.41, 5.74) is 5.54. The zero-order chi connectivity index (χ0) is 14.0. The van der Waals surface area contributed by atoms with Gasteiger partial charge in [-0.1, -0.05) is 0 Å². The van der Waals surface area contributed by atoms with Crippen LogP contribution >= 0.6 is 0 Å². The van der Waals surface area contributed by atoms with E-state index >= 15 is 0 Å². The molecule has 0 saturated carbocycles. The molecule has 0 amide bonds. The molecular formula is C12H17FN2O3S. The predicted molar refractivity (Wildman–Crippen MR) is 69.6 cm³/mol. The quantitative estimate of drug-likeness (QED) is 0.841. The Morgan fingerprint density at radius 1 is 1.53 bits per heavy atom. The van der Waals surface area contributed by atoms with E-state index in [1.54, 1.807) is 7.11 Å². The first kappa shape index (κ1) is 14.2. The van der Waals surface area contributed by atoms with Crippen LogP contribution in [0.5, 0.6) is 0 Å². The van der Waals surface area contributed by atoms with Crippen LogP contribution < -0.4 is 5.73 Å². The summed E-state index contributed by atoms with van der Waals surface area (Å²) in [4.78, 5) is -0.0352. The third-order valence-electron chi connectivity index (χ3n) is 3.24. The van der Waals surface area contributed by atoms with Gasteiger partial charge in [0.25, 0.3) is 0 Å². The fourth-order valence-corrected chi connectivity index (χ4v) is 3.91. The molecule has 1 aliphatic heterocycles. The highest BCUT2D eigenvalue weighted by atomic mass is 32.2. The smallest absolute Gasteiger partial charge is 0.245 e. The van der Waals surface area contributed by atoms with Crippen molar-refractivity contribution in [2.45, 2.75) is 11.3 Å². The topological polar surface area (TPSA) is 72.6 Å². The Hall–Kier alpha value is -1.18. The Morgan fingerprint density at radius 3 is 2.89 bits per heavy atom. The number of hydrogen-bond donors (Lipinski definition) is 1. The number of methoxy groups -OCH3 is 1. The molecule has 1 aliphatic rings. The van der Waals surface area contributed by atoms with E-state index < -0.39 is 15.8 Å². The number of nitrogens with two attached hydrogens (primary N) is 1. The third-order valence-corrected chi connectivity index (χ3v) is 5.18. The van der Waals surface area contributed by atoms with Crippen molar-refractivity contribution < 1.29 is 17.5 Å². The lowest BCUT2D eigenvalue weighted by molar-refractivity contribution is 0.157. The number of sulfonamides is 1. The van der Waals surface area contributed by atoms with Crippen molar-refractivity contribution in [2.75, 3.05) is 32.5 Å². The molecule has 1 aromatic rings. The van der Waals surface area contributed by atoms with Crippen molar-refractivity contribution in [3.63, 3.8) is 0 Å². The van der Waals surface area contributed by atoms with Crippen LogP contribution in [-0.2, 0) is 14.8 Å². The van der Waals surface area contributed by atoms with E-state index in [0.717, 1.165) is 18.6 Å². The molecule has 7 heteroatoms. The standard InChI is InChI=1S/C12H17FN2O3S/c1-18-8-9-4-5-15(7-9)19(16,17)12-3-2-10(13)6-11(12)14/h2-3,6,9H,4-5,7-8,14H2,1H3. The first-order valence-corrected chi connectivity index (χ1v) is 7.43. The molecule has 5 nitrogen and oxygen atoms in total. The lowest BCUT2D eigenvalue weighted by atomic mass is 10.1. The molecule has 1 aromatic carbocycles. The van der Waals surface area contributed by atoms with Gasteiger partial charge in [-0.25, -0.2) is 12.8 Å². The summed E-state index contributed by atoms with van der Waals surface area (Å²) in [6.07, 6.45) is 0.758. The molecule has 1 fully saturated rings. The van der Waals surface area contributed by atoms with E-state index in [4.69, 9.17) is 10.5 Å². The molecule has 2 N–H and O–H groups in total. The van der Waals surface area contributed by atoms with Gasteiger partial charge in [0.05, 0.1) is 12.3 Å². The number of benzene rings is 1. The van der Waals surface area contributed by atoms with Gasteiger partial charge in [0.2, 0.25) is 10.0 Å². The number of halogens is 1. The molecule has 1 atom stereocenters. The Morgan fingerprint density at radius 2 is 2.26 bits per heavy atom. The minimum absolute atomic E-state index is 0.0352. The summed E-state index contributed by atoms with van der Waals surface area (Å²) in [7, 11) is -2.06. The van der Waals surface area contributed by atoms with Gasteiger partial charge in [0, 0.05) is 20.2 Å². The average molecular weight is 288 g/mol. The zero-order valence-corrected chi connectivity index (χ0v) is 11.5. The van der Waals surface area contributed by atoms with E-state index in [9.17, 15) is 12.8 Å². The van der Waals surface area contributed by atoms with Crippen LogP contribution in [0.4, 0.5) is 10.1 Å². The molecule has 1 unspecified atom stereocenters. The molecule has 2 rings (SSSR count). The molecule has 106 valence electrons. The highest BCUT2D eigenvalue weighted by molar-refractivity contribution is 7.89. The van der Waals surface area contributed by atoms with Crippen LogP contribution in [0.1, 0.15) is 6.42 Å². The molecule has 0 spiro atoms. The van der Waals surface area contributed by atoms with Crippen molar-refractivity contribution in [1.82, 2.24) is 4.31 Å². The van der Waals surface area contributed by atoms with E-state index in [2.05, 4.69) is 0 Å². The maximum Gasteiger partial charge on any atom is 0.245 e. The third kappa shape index (κ3) is 2.88. The molecule has 1 heterocycles. The SMILES string of the molecule is COCC1CCN(S(=O)(=O)c2ccc(F)cc2N)C1. The van der Waals surface area contributed by atoms with Gasteiger partial charge < -0.3 is 10.5 Å². The Bertz CT molecular complexity index is 562. The predicted octanol–water partition coefficient (Wildman–Crippen LogP) is 1.06. The lowest BCUT2D eigenvalue weighted by Crippen LogP contribution is -2.30. The molecule has 0 aliphatic carbocycles. The highest BCUT2D eigenvalue weighted by Crippen LogP contribution is 2.28. The van der Waals surface area contributed by atoms with E-state index in [1.165, 1.54) is 10.4 Å². The summed E-state index contributed by atoms with van der Waals surface area (Å²) in [6, 6.07) is 3.34. The second-order valence-corrected chi connectivity index (χ2v) is 6.56. The van der Waals surface area contributed by atoms with E-state index in [-0.39, 0.29) is 16.5 Å². The number of hydrogen-bond acceptors (Lipinski definition) is 4. The maximum atomic E-state index is 13.0. The van der Waals surface area contributed by atoms with Gasteiger partial charge in [-0.05, 0) is 30.5 Å². The Balaban J connectivity index is 2.23. The number of rotatable bonds is 4. The van der Waals surface area contributed by atoms with Crippen molar-refractivity contribution in [1.29, 1.82) is 0 Å². The minimum Gasteiger partial charge on any atom is -0.398 e. The van der Waals surface area contributed by atoms with Crippen LogP contribution in [0.25, 0.3) is 0 Å². The highest BCUT2D eigenvalue weighted by Gasteiger charge is 2.33. The number of nitrogen functional groups attached to an aromatic ring is 1. The maximum absolute atomic E-state index is 13.0. The molecule has 19 heavy (non-hydrogen) atoms. The fourth-order valence-electron chi connectivity index (χ4n) is 2.28. The van der Waals surface area contributed by atoms with Gasteiger partial charge in [0.1, 0.15) is 10.7 Å². The van der Waals surface area contributed by atoms with Gasteiger partial charge in [-0.15, -0.1) is 0 Å². The largest absolute Gasteiger partial charge is 0.398 e. The Labute approximate surface area is 112 Å². The zero-order valence-electron chi connectivity index (χ0n) is 10.7. The van der Waals surface area contributed by atoms with E-state index in [0.29, 0.717) is 19.7 Å². The van der Waals surface area contributed by atoms with E-state index in [1.807, 2.05) is 0 Å². The van der Waals surface area contributed by atoms with Crippen molar-refractivity contribution in [3.8, 4) is 0 Å². The normalized spacial score (nSPS) is 20.8. The lowest BCUT2D eigenvalue weighted by Gasteiger charge is -2.17. The number of ether oxygens (including phenoxy) is 1. The summed E-state index contributed by atoms with van der Waals surface area (Å²) >= 11 is 0. The molecule has 1 saturated heterocycles. The summed E-state index contributed by atoms with van der Waals surface area (Å²) in [5, 5.41) is 0. The molecule has 0 aromatic heterocycles. The molecular weight excluding hydrogens is 271 g/mol. The van der Waals surface area contributed by atoms with Gasteiger partial charge >= 0.3 is 0 Å². The van der Waals surface area contributed by atoms with Crippen LogP contribution in [0.2, 0.25) is 0 Å². The first-order chi connectivity index (χ1) is 8.95. The second-order valence-electron chi connectivity index (χ2n) is 4.66. The summed E-state index contributed by atoms with van der Waals surface area (Å²) in [5.74, 6) is -0.350. The van der Waals surface area contributed by atoms with Crippen molar-refractivity contribution in [2.24, 2.45) is 5.92 Å². The second kappa shape index (κ2) is 5.44. The summed E-state index contributed by atoms with van der Waals surface area (Å²) < 4.78 is 44.2. The number of nitrogens with zero attached hydrogens (tertiary/aromatic N) is 1. The molecule has 0 bridgehead atoms. The first-order valence-electron chi connectivity index (χ1n) is 5.99. The van der Waals surface area contributed by atoms with Gasteiger partial charge in [-0.3, -0.25) is 0 Å². The number of anilines is 1.